The van der Waals surface area contributed by atoms with Gasteiger partial charge in [0.1, 0.15) is 5.82 Å². The smallest absolute Gasteiger partial charge is 0.241 e. The molecule has 21 heavy (non-hydrogen) atoms. The first kappa shape index (κ1) is 17.3. The molecule has 7 nitrogen and oxygen atoms in total. The maximum atomic E-state index is 13.5. The van der Waals surface area contributed by atoms with Gasteiger partial charge in [0.15, 0.2) is 0 Å². The van der Waals surface area contributed by atoms with Crippen LogP contribution in [0.3, 0.4) is 0 Å². The monoisotopic (exact) mass is 319 g/mol. The lowest BCUT2D eigenvalue weighted by Gasteiger charge is -2.09. The summed E-state index contributed by atoms with van der Waals surface area (Å²) in [6, 6.07) is 2.00. The zero-order valence-corrected chi connectivity index (χ0v) is 12.6. The number of anilines is 1. The molecule has 0 saturated carbocycles. The van der Waals surface area contributed by atoms with Gasteiger partial charge in [-0.1, -0.05) is 0 Å². The molecule has 0 aliphatic heterocycles. The van der Waals surface area contributed by atoms with Crippen LogP contribution in [-0.2, 0) is 19.6 Å². The molecule has 4 N–H and O–H groups in total. The van der Waals surface area contributed by atoms with Gasteiger partial charge in [0.25, 0.3) is 0 Å². The van der Waals surface area contributed by atoms with Crippen LogP contribution >= 0.6 is 0 Å². The van der Waals surface area contributed by atoms with E-state index in [-0.39, 0.29) is 22.7 Å². The van der Waals surface area contributed by atoms with Crippen molar-refractivity contribution in [2.75, 3.05) is 32.5 Å². The highest BCUT2D eigenvalue weighted by atomic mass is 32.2. The normalized spacial score (nSPS) is 11.4. The Morgan fingerprint density at radius 1 is 1.43 bits per heavy atom. The number of methoxy groups -OCH3 is 1. The SMILES string of the molecule is COCCNC(=O)CNS(=O)(=O)c1cc(N)c(C)c(F)c1. The molecule has 0 atom stereocenters. The van der Waals surface area contributed by atoms with E-state index in [0.29, 0.717) is 6.61 Å². The molecule has 1 rings (SSSR count). The maximum absolute atomic E-state index is 13.5. The molecule has 0 fully saturated rings. The number of carbonyl (C=O) groups excluding carboxylic acids is 1. The van der Waals surface area contributed by atoms with Gasteiger partial charge in [0, 0.05) is 24.9 Å². The van der Waals surface area contributed by atoms with Gasteiger partial charge in [0.2, 0.25) is 15.9 Å². The van der Waals surface area contributed by atoms with E-state index in [4.69, 9.17) is 10.5 Å². The topological polar surface area (TPSA) is 111 Å². The van der Waals surface area contributed by atoms with Gasteiger partial charge in [-0.05, 0) is 19.1 Å². The Bertz CT molecular complexity index is 596. The van der Waals surface area contributed by atoms with Gasteiger partial charge in [-0.15, -0.1) is 0 Å². The van der Waals surface area contributed by atoms with Crippen LogP contribution in [0.1, 0.15) is 5.56 Å². The summed E-state index contributed by atoms with van der Waals surface area (Å²) in [5.41, 5.74) is 5.73. The Labute approximate surface area is 122 Å². The number of carbonyl (C=O) groups is 1. The lowest BCUT2D eigenvalue weighted by atomic mass is 10.2. The summed E-state index contributed by atoms with van der Waals surface area (Å²) in [4.78, 5) is 11.1. The third-order valence-electron chi connectivity index (χ3n) is 2.72. The second-order valence-electron chi connectivity index (χ2n) is 4.29. The van der Waals surface area contributed by atoms with Gasteiger partial charge >= 0.3 is 0 Å². The number of nitrogens with one attached hydrogen (secondary N) is 2. The van der Waals surface area contributed by atoms with E-state index in [1.165, 1.54) is 14.0 Å². The predicted octanol–water partition coefficient (Wildman–Crippen LogP) is -0.243. The standard InChI is InChI=1S/C12H18FN3O4S/c1-8-10(13)5-9(6-11(8)14)21(18,19)16-7-12(17)15-3-4-20-2/h5-6,16H,3-4,7,14H2,1-2H3,(H,15,17). The van der Waals surface area contributed by atoms with Crippen molar-refractivity contribution in [2.45, 2.75) is 11.8 Å². The average Bonchev–Trinajstić information content (AvgIpc) is 2.42. The average molecular weight is 319 g/mol. The van der Waals surface area contributed by atoms with Crippen molar-refractivity contribution >= 4 is 21.6 Å². The van der Waals surface area contributed by atoms with Gasteiger partial charge in [-0.3, -0.25) is 4.79 Å². The number of nitrogen functional groups attached to an aromatic ring is 1. The Morgan fingerprint density at radius 3 is 2.67 bits per heavy atom. The zero-order valence-electron chi connectivity index (χ0n) is 11.8. The quantitative estimate of drug-likeness (QED) is 0.474. The van der Waals surface area contributed by atoms with Crippen molar-refractivity contribution in [3.05, 3.63) is 23.5 Å². The molecule has 1 aromatic carbocycles. The lowest BCUT2D eigenvalue weighted by molar-refractivity contribution is -0.120. The molecule has 118 valence electrons. The summed E-state index contributed by atoms with van der Waals surface area (Å²) in [7, 11) is -2.53. The van der Waals surface area contributed by atoms with Crippen LogP contribution in [0.15, 0.2) is 17.0 Å². The van der Waals surface area contributed by atoms with Crippen molar-refractivity contribution in [3.63, 3.8) is 0 Å². The number of sulfonamides is 1. The molecule has 0 bridgehead atoms. The van der Waals surface area contributed by atoms with Crippen LogP contribution in [-0.4, -0.2) is 41.1 Å². The summed E-state index contributed by atoms with van der Waals surface area (Å²) < 4.78 is 44.2. The Kier molecular flexibility index (Phi) is 6.06. The number of rotatable bonds is 7. The summed E-state index contributed by atoms with van der Waals surface area (Å²) in [6.45, 7) is 1.57. The molecule has 0 aromatic heterocycles. The molecular formula is C12H18FN3O4S. The molecule has 0 aliphatic rings. The number of amides is 1. The largest absolute Gasteiger partial charge is 0.398 e. The summed E-state index contributed by atoms with van der Waals surface area (Å²) in [6.07, 6.45) is 0. The van der Waals surface area contributed by atoms with E-state index in [2.05, 4.69) is 10.0 Å². The molecular weight excluding hydrogens is 301 g/mol. The Balaban J connectivity index is 2.72. The van der Waals surface area contributed by atoms with Gasteiger partial charge < -0.3 is 15.8 Å². The molecule has 0 aliphatic carbocycles. The molecule has 1 amide bonds. The first-order valence-electron chi connectivity index (χ1n) is 6.09. The zero-order chi connectivity index (χ0) is 16.0. The van der Waals surface area contributed by atoms with Crippen LogP contribution in [0.2, 0.25) is 0 Å². The molecule has 0 heterocycles. The summed E-state index contributed by atoms with van der Waals surface area (Å²) >= 11 is 0. The van der Waals surface area contributed by atoms with Crippen LogP contribution in [0.25, 0.3) is 0 Å². The first-order chi connectivity index (χ1) is 9.77. The highest BCUT2D eigenvalue weighted by Gasteiger charge is 2.18. The molecule has 9 heteroatoms. The van der Waals surface area contributed by atoms with Gasteiger partial charge in [-0.2, -0.15) is 0 Å². The first-order valence-corrected chi connectivity index (χ1v) is 7.57. The highest BCUT2D eigenvalue weighted by Crippen LogP contribution is 2.20. The van der Waals surface area contributed by atoms with E-state index in [1.54, 1.807) is 0 Å². The van der Waals surface area contributed by atoms with E-state index >= 15 is 0 Å². The van der Waals surface area contributed by atoms with Crippen molar-refractivity contribution in [1.29, 1.82) is 0 Å². The fraction of sp³-hybridized carbons (Fsp3) is 0.417. The van der Waals surface area contributed by atoms with Crippen LogP contribution < -0.4 is 15.8 Å². The molecule has 0 unspecified atom stereocenters. The molecule has 0 saturated heterocycles. The Morgan fingerprint density at radius 2 is 2.10 bits per heavy atom. The van der Waals surface area contributed by atoms with E-state index < -0.39 is 28.3 Å². The number of hydrogen-bond donors (Lipinski definition) is 3. The summed E-state index contributed by atoms with van der Waals surface area (Å²) in [5.74, 6) is -1.24. The predicted molar refractivity (Wildman–Crippen MR) is 75.6 cm³/mol. The third kappa shape index (κ3) is 4.96. The fourth-order valence-electron chi connectivity index (χ4n) is 1.43. The minimum atomic E-state index is -4.01. The molecule has 0 radical (unpaired) electrons. The van der Waals surface area contributed by atoms with Crippen LogP contribution in [0.5, 0.6) is 0 Å². The second-order valence-corrected chi connectivity index (χ2v) is 6.05. The van der Waals surface area contributed by atoms with E-state index in [0.717, 1.165) is 12.1 Å². The third-order valence-corrected chi connectivity index (χ3v) is 4.10. The van der Waals surface area contributed by atoms with Crippen LogP contribution in [0.4, 0.5) is 10.1 Å². The molecule has 0 spiro atoms. The van der Waals surface area contributed by atoms with E-state index in [1.807, 2.05) is 0 Å². The Hall–Kier alpha value is -1.71. The van der Waals surface area contributed by atoms with Gasteiger partial charge in [0.05, 0.1) is 18.0 Å². The molecule has 1 aromatic rings. The van der Waals surface area contributed by atoms with Gasteiger partial charge in [-0.25, -0.2) is 17.5 Å². The van der Waals surface area contributed by atoms with Crippen molar-refractivity contribution in [2.24, 2.45) is 0 Å². The van der Waals surface area contributed by atoms with Crippen molar-refractivity contribution < 1.29 is 22.3 Å². The number of halogens is 1. The second kappa shape index (κ2) is 7.34. The van der Waals surface area contributed by atoms with E-state index in [9.17, 15) is 17.6 Å². The number of ether oxygens (including phenoxy) is 1. The van der Waals surface area contributed by atoms with Crippen molar-refractivity contribution in [1.82, 2.24) is 10.0 Å². The van der Waals surface area contributed by atoms with Crippen LogP contribution in [0, 0.1) is 12.7 Å². The minimum absolute atomic E-state index is 0.0277. The van der Waals surface area contributed by atoms with Crippen molar-refractivity contribution in [3.8, 4) is 0 Å². The lowest BCUT2D eigenvalue weighted by Crippen LogP contribution is -2.38. The number of hydrogen-bond acceptors (Lipinski definition) is 5. The number of benzene rings is 1. The fourth-order valence-corrected chi connectivity index (χ4v) is 2.46. The highest BCUT2D eigenvalue weighted by molar-refractivity contribution is 7.89. The maximum Gasteiger partial charge on any atom is 0.241 e. The number of nitrogens with two attached hydrogens (primary N) is 1. The minimum Gasteiger partial charge on any atom is -0.398 e. The summed E-state index contributed by atoms with van der Waals surface area (Å²) in [5, 5.41) is 2.45.